The molecule has 0 saturated heterocycles. The largest absolute Gasteiger partial charge is 0.453 e. The molecule has 0 spiro atoms. The van der Waals surface area contributed by atoms with Crippen LogP contribution in [0.15, 0.2) is 86.2 Å². The van der Waals surface area contributed by atoms with Crippen molar-refractivity contribution in [1.82, 2.24) is 0 Å². The minimum Gasteiger partial charge on any atom is -0.453 e. The third-order valence-electron chi connectivity index (χ3n) is 4.70. The number of halogens is 3. The van der Waals surface area contributed by atoms with Gasteiger partial charge in [-0.3, -0.25) is 0 Å². The van der Waals surface area contributed by atoms with Crippen molar-refractivity contribution in [2.24, 2.45) is 5.92 Å². The van der Waals surface area contributed by atoms with Gasteiger partial charge in [-0.1, -0.05) is 79.0 Å². The first kappa shape index (κ1) is 22.2. The van der Waals surface area contributed by atoms with Gasteiger partial charge < -0.3 is 9.84 Å². The van der Waals surface area contributed by atoms with Gasteiger partial charge in [0.15, 0.2) is 0 Å². The van der Waals surface area contributed by atoms with Gasteiger partial charge in [0.2, 0.25) is 0 Å². The smallest absolute Gasteiger partial charge is 0.338 e. The lowest BCUT2D eigenvalue weighted by atomic mass is 9.88. The molecule has 0 aliphatic carbocycles. The van der Waals surface area contributed by atoms with Gasteiger partial charge >= 0.3 is 5.97 Å². The Hall–Kier alpha value is -1.47. The molecule has 0 aliphatic heterocycles. The van der Waals surface area contributed by atoms with Gasteiger partial charge in [-0.05, 0) is 59.7 Å². The summed E-state index contributed by atoms with van der Waals surface area (Å²) in [5.74, 6) is -0.794. The van der Waals surface area contributed by atoms with Crippen LogP contribution in [0.4, 0.5) is 0 Å². The molecule has 0 heterocycles. The molecule has 3 rings (SSSR count). The van der Waals surface area contributed by atoms with E-state index in [9.17, 15) is 9.90 Å². The number of carbonyl (C=O) groups excluding carboxylic acids is 1. The Morgan fingerprint density at radius 3 is 1.66 bits per heavy atom. The van der Waals surface area contributed by atoms with Gasteiger partial charge in [-0.15, -0.1) is 0 Å². The van der Waals surface area contributed by atoms with E-state index < -0.39 is 18.2 Å². The highest BCUT2D eigenvalue weighted by atomic mass is 79.9. The van der Waals surface area contributed by atoms with Crippen LogP contribution < -0.4 is 0 Å². The minimum absolute atomic E-state index is 0.364. The summed E-state index contributed by atoms with van der Waals surface area (Å²) >= 11 is 10.2. The third kappa shape index (κ3) is 5.79. The molecule has 3 aromatic carbocycles. The van der Waals surface area contributed by atoms with Crippen molar-refractivity contribution < 1.29 is 14.6 Å². The molecule has 3 nitrogen and oxygen atoms in total. The van der Waals surface area contributed by atoms with E-state index in [2.05, 4.69) is 47.8 Å². The van der Waals surface area contributed by atoms with E-state index in [-0.39, 0.29) is 5.92 Å². The quantitative estimate of drug-likeness (QED) is 0.312. The lowest BCUT2D eigenvalue weighted by Crippen LogP contribution is -2.23. The summed E-state index contributed by atoms with van der Waals surface area (Å²) in [7, 11) is 0. The van der Waals surface area contributed by atoms with E-state index >= 15 is 0 Å². The summed E-state index contributed by atoms with van der Waals surface area (Å²) in [6.45, 7) is 1.88. The molecule has 0 bridgehead atoms. The molecule has 6 heteroatoms. The Morgan fingerprint density at radius 2 is 1.17 bits per heavy atom. The number of hydrogen-bond donors (Lipinski definition) is 1. The van der Waals surface area contributed by atoms with Crippen molar-refractivity contribution in [2.75, 3.05) is 0 Å². The summed E-state index contributed by atoms with van der Waals surface area (Å²) < 4.78 is 8.65. The Bertz CT molecular complexity index is 954. The van der Waals surface area contributed by atoms with E-state index in [0.717, 1.165) is 24.5 Å². The number of hydrogen-bond acceptors (Lipinski definition) is 3. The van der Waals surface area contributed by atoms with Gasteiger partial charge in [0.1, 0.15) is 6.10 Å². The van der Waals surface area contributed by atoms with Crippen LogP contribution in [0, 0.1) is 5.92 Å². The molecular formula is C23H19Br3O3. The number of aliphatic hydroxyl groups is 1. The first-order valence-corrected chi connectivity index (χ1v) is 11.4. The second-order valence-electron chi connectivity index (χ2n) is 6.74. The van der Waals surface area contributed by atoms with Crippen molar-refractivity contribution in [2.45, 2.75) is 19.1 Å². The molecular weight excluding hydrogens is 564 g/mol. The van der Waals surface area contributed by atoms with E-state index in [0.29, 0.717) is 5.56 Å². The fraction of sp³-hybridized carbons (Fsp3) is 0.174. The number of carbonyl (C=O) groups is 1. The van der Waals surface area contributed by atoms with E-state index in [1.165, 1.54) is 0 Å². The van der Waals surface area contributed by atoms with Gasteiger partial charge in [-0.2, -0.15) is 0 Å². The Balaban J connectivity index is 1.89. The van der Waals surface area contributed by atoms with Crippen LogP contribution in [0.1, 0.15) is 40.6 Å². The van der Waals surface area contributed by atoms with Gasteiger partial charge in [0.25, 0.3) is 0 Å². The molecule has 29 heavy (non-hydrogen) atoms. The number of rotatable bonds is 6. The second kappa shape index (κ2) is 10.0. The molecule has 0 radical (unpaired) electrons. The van der Waals surface area contributed by atoms with Crippen molar-refractivity contribution >= 4 is 53.8 Å². The predicted molar refractivity (Wildman–Crippen MR) is 125 cm³/mol. The van der Waals surface area contributed by atoms with Crippen LogP contribution in [-0.4, -0.2) is 11.1 Å². The van der Waals surface area contributed by atoms with Crippen LogP contribution in [0.2, 0.25) is 0 Å². The number of ether oxygens (including phenoxy) is 1. The Morgan fingerprint density at radius 1 is 0.759 bits per heavy atom. The Kier molecular flexibility index (Phi) is 7.68. The minimum atomic E-state index is -0.797. The van der Waals surface area contributed by atoms with Crippen LogP contribution in [-0.2, 0) is 4.74 Å². The molecule has 0 aromatic heterocycles. The zero-order chi connectivity index (χ0) is 21.0. The zero-order valence-corrected chi connectivity index (χ0v) is 20.3. The van der Waals surface area contributed by atoms with E-state index in [4.69, 9.17) is 4.74 Å². The predicted octanol–water partition coefficient (Wildman–Crippen LogP) is 7.24. The third-order valence-corrected chi connectivity index (χ3v) is 6.29. The highest BCUT2D eigenvalue weighted by Gasteiger charge is 2.30. The van der Waals surface area contributed by atoms with E-state index in [1.807, 2.05) is 55.5 Å². The zero-order valence-electron chi connectivity index (χ0n) is 15.6. The SMILES string of the molecule is C[C@@H]([C@H](O)c1ccc(Br)cc1)[C@H](OC(=O)c1ccc(Br)cc1)c1ccc(Br)cc1. The van der Waals surface area contributed by atoms with E-state index in [1.54, 1.807) is 24.3 Å². The second-order valence-corrected chi connectivity index (χ2v) is 9.49. The summed E-state index contributed by atoms with van der Waals surface area (Å²) in [5.41, 5.74) is 2.05. The van der Waals surface area contributed by atoms with Crippen LogP contribution in [0.5, 0.6) is 0 Å². The first-order chi connectivity index (χ1) is 13.8. The molecule has 0 saturated carbocycles. The van der Waals surface area contributed by atoms with Crippen molar-refractivity contribution in [3.05, 3.63) is 103 Å². The van der Waals surface area contributed by atoms with Gasteiger partial charge in [0, 0.05) is 19.3 Å². The Labute approximate surface area is 195 Å². The van der Waals surface area contributed by atoms with Gasteiger partial charge in [0.05, 0.1) is 11.7 Å². The van der Waals surface area contributed by atoms with Crippen LogP contribution in [0.3, 0.4) is 0 Å². The van der Waals surface area contributed by atoms with Crippen molar-refractivity contribution in [3.8, 4) is 0 Å². The van der Waals surface area contributed by atoms with Crippen LogP contribution >= 0.6 is 47.8 Å². The molecule has 1 N–H and O–H groups in total. The average Bonchev–Trinajstić information content (AvgIpc) is 2.72. The highest BCUT2D eigenvalue weighted by molar-refractivity contribution is 9.11. The fourth-order valence-corrected chi connectivity index (χ4v) is 3.82. The standard InChI is InChI=1S/C23H19Br3O3/c1-14(21(27)15-2-8-18(24)9-3-15)22(16-4-10-19(25)11-5-16)29-23(28)17-6-12-20(26)13-7-17/h2-14,21-22,27H,1H3/t14-,21-,22-/m0/s1. The molecule has 0 amide bonds. The first-order valence-electron chi connectivity index (χ1n) is 9.00. The lowest BCUT2D eigenvalue weighted by Gasteiger charge is -2.28. The molecule has 3 aromatic rings. The number of esters is 1. The average molecular weight is 583 g/mol. The maximum Gasteiger partial charge on any atom is 0.338 e. The maximum atomic E-state index is 12.8. The number of aliphatic hydroxyl groups excluding tert-OH is 1. The molecule has 0 aliphatic rings. The topological polar surface area (TPSA) is 46.5 Å². The molecule has 0 unspecified atom stereocenters. The summed E-state index contributed by atoms with van der Waals surface area (Å²) in [6, 6.07) is 22.1. The normalized spacial score (nSPS) is 14.1. The fourth-order valence-electron chi connectivity index (χ4n) is 3.03. The monoisotopic (exact) mass is 580 g/mol. The molecule has 150 valence electrons. The van der Waals surface area contributed by atoms with Crippen LogP contribution in [0.25, 0.3) is 0 Å². The molecule has 3 atom stereocenters. The highest BCUT2D eigenvalue weighted by Crippen LogP contribution is 2.36. The maximum absolute atomic E-state index is 12.8. The summed E-state index contributed by atoms with van der Waals surface area (Å²) in [6.07, 6.45) is -1.41. The number of benzene rings is 3. The van der Waals surface area contributed by atoms with Gasteiger partial charge in [-0.25, -0.2) is 4.79 Å². The summed E-state index contributed by atoms with van der Waals surface area (Å²) in [5, 5.41) is 11.0. The lowest BCUT2D eigenvalue weighted by molar-refractivity contribution is -0.0155. The van der Waals surface area contributed by atoms with Crippen molar-refractivity contribution in [3.63, 3.8) is 0 Å². The molecule has 0 fully saturated rings. The van der Waals surface area contributed by atoms with Crippen molar-refractivity contribution in [1.29, 1.82) is 0 Å². The summed E-state index contributed by atoms with van der Waals surface area (Å²) in [4.78, 5) is 12.8.